The summed E-state index contributed by atoms with van der Waals surface area (Å²) in [5, 5.41) is 11.8. The maximum Gasteiger partial charge on any atom is 0.273 e. The molecule has 0 fully saturated rings. The van der Waals surface area contributed by atoms with Crippen molar-refractivity contribution in [2.75, 3.05) is 0 Å². The van der Waals surface area contributed by atoms with Crippen LogP contribution in [0.15, 0.2) is 59.0 Å². The summed E-state index contributed by atoms with van der Waals surface area (Å²) in [5.74, 6) is 0.495. The summed E-state index contributed by atoms with van der Waals surface area (Å²) in [6.07, 6.45) is 0. The molecule has 0 saturated heterocycles. The van der Waals surface area contributed by atoms with Crippen LogP contribution < -0.4 is 5.32 Å². The highest BCUT2D eigenvalue weighted by Gasteiger charge is 2.18. The van der Waals surface area contributed by atoms with E-state index in [4.69, 9.17) is 4.42 Å². The minimum Gasteiger partial charge on any atom is -0.459 e. The number of hydrogen-bond acceptors (Lipinski definition) is 3. The number of H-pyrrole nitrogens is 1. The fourth-order valence-electron chi connectivity index (χ4n) is 2.69. The number of aromatic amines is 1. The lowest BCUT2D eigenvalue weighted by atomic mass is 10.2. The van der Waals surface area contributed by atoms with Crippen molar-refractivity contribution in [2.45, 2.75) is 13.0 Å². The first-order chi connectivity index (χ1) is 11.2. The molecule has 0 bridgehead atoms. The van der Waals surface area contributed by atoms with Crippen molar-refractivity contribution in [2.24, 2.45) is 0 Å². The topological polar surface area (TPSA) is 70.9 Å². The zero-order valence-corrected chi connectivity index (χ0v) is 12.5. The van der Waals surface area contributed by atoms with E-state index in [1.165, 1.54) is 0 Å². The van der Waals surface area contributed by atoms with Crippen LogP contribution in [0.1, 0.15) is 29.2 Å². The zero-order chi connectivity index (χ0) is 15.8. The highest BCUT2D eigenvalue weighted by atomic mass is 16.3. The van der Waals surface area contributed by atoms with E-state index in [-0.39, 0.29) is 11.9 Å². The lowest BCUT2D eigenvalue weighted by Gasteiger charge is -2.10. The highest BCUT2D eigenvalue weighted by molar-refractivity contribution is 6.04. The van der Waals surface area contributed by atoms with E-state index < -0.39 is 0 Å². The largest absolute Gasteiger partial charge is 0.459 e. The van der Waals surface area contributed by atoms with E-state index in [2.05, 4.69) is 15.5 Å². The van der Waals surface area contributed by atoms with Gasteiger partial charge in [-0.15, -0.1) is 0 Å². The molecule has 2 aromatic heterocycles. The van der Waals surface area contributed by atoms with Gasteiger partial charge in [0.15, 0.2) is 5.69 Å². The van der Waals surface area contributed by atoms with Crippen molar-refractivity contribution < 1.29 is 9.21 Å². The number of rotatable bonds is 3. The van der Waals surface area contributed by atoms with Gasteiger partial charge in [-0.1, -0.05) is 36.4 Å². The van der Waals surface area contributed by atoms with Crippen LogP contribution in [0.5, 0.6) is 0 Å². The zero-order valence-electron chi connectivity index (χ0n) is 12.5. The predicted molar refractivity (Wildman–Crippen MR) is 88.2 cm³/mol. The molecule has 23 heavy (non-hydrogen) atoms. The van der Waals surface area contributed by atoms with Gasteiger partial charge in [0, 0.05) is 10.8 Å². The molecule has 0 aliphatic rings. The van der Waals surface area contributed by atoms with Gasteiger partial charge in [-0.25, -0.2) is 0 Å². The molecule has 5 nitrogen and oxygen atoms in total. The third kappa shape index (κ3) is 2.36. The molecule has 0 radical (unpaired) electrons. The molecule has 4 aromatic rings. The third-order valence-corrected chi connectivity index (χ3v) is 3.90. The van der Waals surface area contributed by atoms with Gasteiger partial charge in [0.05, 0.1) is 11.6 Å². The van der Waals surface area contributed by atoms with Crippen LogP contribution in [0, 0.1) is 0 Å². The second-order valence-electron chi connectivity index (χ2n) is 5.50. The Morgan fingerprint density at radius 2 is 1.96 bits per heavy atom. The molecule has 5 heteroatoms. The number of amides is 1. The number of carbonyl (C=O) groups excluding carboxylic acids is 1. The molecule has 2 aromatic carbocycles. The molecule has 1 amide bonds. The SMILES string of the molecule is C[C@H](NC(=O)c1n[nH]c2ccccc12)c1cc2ccccc2o1. The predicted octanol–water partition coefficient (Wildman–Crippen LogP) is 3.80. The number of carbonyl (C=O) groups is 1. The maximum absolute atomic E-state index is 12.5. The quantitative estimate of drug-likeness (QED) is 0.605. The van der Waals surface area contributed by atoms with E-state index in [0.29, 0.717) is 5.69 Å². The average molecular weight is 305 g/mol. The standard InChI is InChI=1S/C18H15N3O2/c1-11(16-10-12-6-2-5-9-15(12)23-16)19-18(22)17-13-7-3-4-8-14(13)20-21-17/h2-11H,1H3,(H,19,22)(H,20,21)/t11-/m0/s1. The Morgan fingerprint density at radius 1 is 1.17 bits per heavy atom. The normalized spacial score (nSPS) is 12.6. The van der Waals surface area contributed by atoms with Gasteiger partial charge in [-0.2, -0.15) is 5.10 Å². The van der Waals surface area contributed by atoms with E-state index in [0.717, 1.165) is 27.6 Å². The molecule has 0 aliphatic heterocycles. The number of benzene rings is 2. The van der Waals surface area contributed by atoms with Crippen LogP contribution in [-0.2, 0) is 0 Å². The molecular formula is C18H15N3O2. The Balaban J connectivity index is 1.60. The molecule has 4 rings (SSSR count). The molecular weight excluding hydrogens is 290 g/mol. The van der Waals surface area contributed by atoms with Crippen molar-refractivity contribution in [1.82, 2.24) is 15.5 Å². The Hall–Kier alpha value is -3.08. The number of aromatic nitrogens is 2. The van der Waals surface area contributed by atoms with Gasteiger partial charge >= 0.3 is 0 Å². The van der Waals surface area contributed by atoms with Crippen LogP contribution >= 0.6 is 0 Å². The number of furan rings is 1. The molecule has 0 aliphatic carbocycles. The molecule has 0 saturated carbocycles. The van der Waals surface area contributed by atoms with E-state index in [9.17, 15) is 4.79 Å². The molecule has 0 unspecified atom stereocenters. The van der Waals surface area contributed by atoms with Crippen LogP contribution in [-0.4, -0.2) is 16.1 Å². The summed E-state index contributed by atoms with van der Waals surface area (Å²) in [5.41, 5.74) is 2.05. The minimum atomic E-state index is -0.245. The lowest BCUT2D eigenvalue weighted by molar-refractivity contribution is 0.0932. The molecule has 0 spiro atoms. The highest BCUT2D eigenvalue weighted by Crippen LogP contribution is 2.24. The van der Waals surface area contributed by atoms with E-state index in [1.54, 1.807) is 0 Å². The second kappa shape index (κ2) is 5.28. The summed E-state index contributed by atoms with van der Waals surface area (Å²) in [6.45, 7) is 1.89. The van der Waals surface area contributed by atoms with Gasteiger partial charge in [0.1, 0.15) is 11.3 Å². The Kier molecular flexibility index (Phi) is 3.12. The van der Waals surface area contributed by atoms with Crippen molar-refractivity contribution in [3.63, 3.8) is 0 Å². The average Bonchev–Trinajstić information content (AvgIpc) is 3.18. The van der Waals surface area contributed by atoms with Crippen molar-refractivity contribution >= 4 is 27.8 Å². The monoisotopic (exact) mass is 305 g/mol. The van der Waals surface area contributed by atoms with Gasteiger partial charge in [-0.3, -0.25) is 9.89 Å². The fourth-order valence-corrected chi connectivity index (χ4v) is 2.69. The van der Waals surface area contributed by atoms with Crippen LogP contribution in [0.3, 0.4) is 0 Å². The minimum absolute atomic E-state index is 0.226. The van der Waals surface area contributed by atoms with Crippen molar-refractivity contribution in [3.8, 4) is 0 Å². The summed E-state index contributed by atoms with van der Waals surface area (Å²) in [4.78, 5) is 12.5. The van der Waals surface area contributed by atoms with Crippen LogP contribution in [0.25, 0.3) is 21.9 Å². The number of nitrogens with zero attached hydrogens (tertiary/aromatic N) is 1. The van der Waals surface area contributed by atoms with E-state index >= 15 is 0 Å². The fraction of sp³-hybridized carbons (Fsp3) is 0.111. The Labute approximate surface area is 132 Å². The van der Waals surface area contributed by atoms with E-state index in [1.807, 2.05) is 61.5 Å². The van der Waals surface area contributed by atoms with Crippen molar-refractivity contribution in [3.05, 3.63) is 66.1 Å². The third-order valence-electron chi connectivity index (χ3n) is 3.90. The molecule has 2 heterocycles. The maximum atomic E-state index is 12.5. The van der Waals surface area contributed by atoms with Gasteiger partial charge in [0.25, 0.3) is 5.91 Å². The summed E-state index contributed by atoms with van der Waals surface area (Å²) < 4.78 is 5.79. The van der Waals surface area contributed by atoms with Gasteiger partial charge in [-0.05, 0) is 25.1 Å². The lowest BCUT2D eigenvalue weighted by Crippen LogP contribution is -2.26. The number of nitrogens with one attached hydrogen (secondary N) is 2. The van der Waals surface area contributed by atoms with Crippen LogP contribution in [0.2, 0.25) is 0 Å². The number of fused-ring (bicyclic) bond motifs is 2. The molecule has 1 atom stereocenters. The summed E-state index contributed by atoms with van der Waals surface area (Å²) in [6, 6.07) is 17.0. The number of para-hydroxylation sites is 2. The first-order valence-electron chi connectivity index (χ1n) is 7.45. The summed E-state index contributed by atoms with van der Waals surface area (Å²) >= 11 is 0. The van der Waals surface area contributed by atoms with Gasteiger partial charge in [0.2, 0.25) is 0 Å². The first-order valence-corrected chi connectivity index (χ1v) is 7.45. The van der Waals surface area contributed by atoms with Crippen LogP contribution in [0.4, 0.5) is 0 Å². The van der Waals surface area contributed by atoms with Crippen molar-refractivity contribution in [1.29, 1.82) is 0 Å². The molecule has 114 valence electrons. The summed E-state index contributed by atoms with van der Waals surface area (Å²) in [7, 11) is 0. The number of hydrogen-bond donors (Lipinski definition) is 2. The van der Waals surface area contributed by atoms with Gasteiger partial charge < -0.3 is 9.73 Å². The first kappa shape index (κ1) is 13.6. The second-order valence-corrected chi connectivity index (χ2v) is 5.50. The molecule has 2 N–H and O–H groups in total. The Bertz CT molecular complexity index is 967. The Morgan fingerprint density at radius 3 is 2.83 bits per heavy atom. The smallest absolute Gasteiger partial charge is 0.273 e.